The van der Waals surface area contributed by atoms with Crippen LogP contribution < -0.4 is 5.73 Å². The molecule has 0 saturated carbocycles. The van der Waals surface area contributed by atoms with Gasteiger partial charge in [-0.2, -0.15) is 0 Å². The molecule has 0 spiro atoms. The van der Waals surface area contributed by atoms with Gasteiger partial charge in [0.2, 0.25) is 0 Å². The summed E-state index contributed by atoms with van der Waals surface area (Å²) >= 11 is 17.8. The van der Waals surface area contributed by atoms with Crippen molar-refractivity contribution >= 4 is 34.8 Å². The molecule has 0 bridgehead atoms. The van der Waals surface area contributed by atoms with Crippen LogP contribution in [0.3, 0.4) is 0 Å². The summed E-state index contributed by atoms with van der Waals surface area (Å²) in [5.41, 5.74) is 7.73. The summed E-state index contributed by atoms with van der Waals surface area (Å²) in [7, 11) is 0. The average Bonchev–Trinajstić information content (AvgIpc) is 2.09. The van der Waals surface area contributed by atoms with Gasteiger partial charge in [0, 0.05) is 11.1 Å². The molecule has 4 heteroatoms. The van der Waals surface area contributed by atoms with E-state index in [0.29, 0.717) is 21.5 Å². The van der Waals surface area contributed by atoms with Crippen molar-refractivity contribution in [2.24, 2.45) is 5.73 Å². The van der Waals surface area contributed by atoms with Crippen molar-refractivity contribution in [1.29, 1.82) is 0 Å². The highest BCUT2D eigenvalue weighted by Crippen LogP contribution is 2.34. The summed E-state index contributed by atoms with van der Waals surface area (Å²) in [5.74, 6) is 0. The van der Waals surface area contributed by atoms with Crippen LogP contribution in [0.5, 0.6) is 0 Å². The quantitative estimate of drug-likeness (QED) is 0.626. The number of nitrogens with two attached hydrogens (primary N) is 1. The molecule has 15 heavy (non-hydrogen) atoms. The Hall–Kier alpha value is -0.210. The Morgan fingerprint density at radius 3 is 2.53 bits per heavy atom. The van der Waals surface area contributed by atoms with E-state index < -0.39 is 0 Å². The molecule has 0 aliphatic carbocycles. The van der Waals surface area contributed by atoms with E-state index in [0.717, 1.165) is 11.1 Å². The number of hydrogen-bond acceptors (Lipinski definition) is 1. The van der Waals surface area contributed by atoms with Crippen molar-refractivity contribution < 1.29 is 0 Å². The first-order valence-corrected chi connectivity index (χ1v) is 5.59. The average molecular weight is 265 g/mol. The first kappa shape index (κ1) is 12.9. The van der Waals surface area contributed by atoms with Crippen LogP contribution in [0.1, 0.15) is 24.9 Å². The predicted molar refractivity (Wildman–Crippen MR) is 67.8 cm³/mol. The third-order valence-corrected chi connectivity index (χ3v) is 3.02. The Labute approximate surface area is 105 Å². The van der Waals surface area contributed by atoms with Crippen LogP contribution in [0, 0.1) is 0 Å². The summed E-state index contributed by atoms with van der Waals surface area (Å²) in [4.78, 5) is 0. The molecule has 0 saturated heterocycles. The Bertz CT molecular complexity index is 388. The van der Waals surface area contributed by atoms with Gasteiger partial charge in [-0.05, 0) is 31.0 Å². The normalized spacial score (nSPS) is 12.6. The van der Waals surface area contributed by atoms with Crippen molar-refractivity contribution in [1.82, 2.24) is 0 Å². The minimum atomic E-state index is -0.216. The van der Waals surface area contributed by atoms with E-state index in [1.165, 1.54) is 0 Å². The van der Waals surface area contributed by atoms with Gasteiger partial charge >= 0.3 is 0 Å². The SMILES string of the molecule is C=C(C)C[C@H](N)c1cc(Cl)cc(Cl)c1Cl. The van der Waals surface area contributed by atoms with E-state index in [9.17, 15) is 0 Å². The zero-order chi connectivity index (χ0) is 11.6. The van der Waals surface area contributed by atoms with Crippen molar-refractivity contribution in [2.45, 2.75) is 19.4 Å². The molecule has 1 aromatic rings. The number of hydrogen-bond donors (Lipinski definition) is 1. The lowest BCUT2D eigenvalue weighted by atomic mass is 10.0. The van der Waals surface area contributed by atoms with E-state index >= 15 is 0 Å². The lowest BCUT2D eigenvalue weighted by molar-refractivity contribution is 0.717. The van der Waals surface area contributed by atoms with Crippen LogP contribution >= 0.6 is 34.8 Å². The molecule has 0 radical (unpaired) electrons. The van der Waals surface area contributed by atoms with Gasteiger partial charge in [0.15, 0.2) is 0 Å². The molecule has 82 valence electrons. The van der Waals surface area contributed by atoms with Crippen molar-refractivity contribution in [3.63, 3.8) is 0 Å². The van der Waals surface area contributed by atoms with Crippen LogP contribution in [-0.2, 0) is 0 Å². The smallest absolute Gasteiger partial charge is 0.0641 e. The number of rotatable bonds is 3. The van der Waals surface area contributed by atoms with Crippen molar-refractivity contribution in [3.05, 3.63) is 44.9 Å². The van der Waals surface area contributed by atoms with Crippen LogP contribution in [0.2, 0.25) is 15.1 Å². The van der Waals surface area contributed by atoms with E-state index in [2.05, 4.69) is 6.58 Å². The lowest BCUT2D eigenvalue weighted by Crippen LogP contribution is -2.11. The molecule has 1 aromatic carbocycles. The van der Waals surface area contributed by atoms with Crippen LogP contribution in [0.25, 0.3) is 0 Å². The predicted octanol–water partition coefficient (Wildman–Crippen LogP) is 4.61. The minimum Gasteiger partial charge on any atom is -0.324 e. The maximum Gasteiger partial charge on any atom is 0.0641 e. The van der Waals surface area contributed by atoms with Gasteiger partial charge in [0.05, 0.1) is 10.0 Å². The molecular formula is C11H12Cl3N. The van der Waals surface area contributed by atoms with Gasteiger partial charge in [-0.3, -0.25) is 0 Å². The van der Waals surface area contributed by atoms with Crippen molar-refractivity contribution in [3.8, 4) is 0 Å². The molecule has 0 aliphatic rings. The fourth-order valence-electron chi connectivity index (χ4n) is 1.33. The topological polar surface area (TPSA) is 26.0 Å². The third kappa shape index (κ3) is 3.39. The highest BCUT2D eigenvalue weighted by Gasteiger charge is 2.13. The maximum atomic E-state index is 6.04. The largest absolute Gasteiger partial charge is 0.324 e. The zero-order valence-electron chi connectivity index (χ0n) is 8.36. The molecule has 1 atom stereocenters. The van der Waals surface area contributed by atoms with Crippen molar-refractivity contribution in [2.75, 3.05) is 0 Å². The molecule has 2 N–H and O–H groups in total. The van der Waals surface area contributed by atoms with E-state index in [1.54, 1.807) is 12.1 Å². The summed E-state index contributed by atoms with van der Waals surface area (Å²) < 4.78 is 0. The molecule has 1 nitrogen and oxygen atoms in total. The third-order valence-electron chi connectivity index (χ3n) is 1.99. The fraction of sp³-hybridized carbons (Fsp3) is 0.273. The second-order valence-corrected chi connectivity index (χ2v) is 4.78. The fourth-order valence-corrected chi connectivity index (χ4v) is 2.09. The minimum absolute atomic E-state index is 0.216. The standard InChI is InChI=1S/C11H12Cl3N/c1-6(2)3-10(15)8-4-7(12)5-9(13)11(8)14/h4-5,10H,1,3,15H2,2H3/t10-/m0/s1. The molecule has 0 amide bonds. The summed E-state index contributed by atoms with van der Waals surface area (Å²) in [5, 5.41) is 1.43. The zero-order valence-corrected chi connectivity index (χ0v) is 10.6. The lowest BCUT2D eigenvalue weighted by Gasteiger charge is -2.14. The van der Waals surface area contributed by atoms with Gasteiger partial charge in [-0.1, -0.05) is 40.4 Å². The Morgan fingerprint density at radius 2 is 2.00 bits per heavy atom. The summed E-state index contributed by atoms with van der Waals surface area (Å²) in [6, 6.07) is 3.12. The van der Waals surface area contributed by atoms with Crippen LogP contribution in [-0.4, -0.2) is 0 Å². The number of benzene rings is 1. The first-order valence-electron chi connectivity index (χ1n) is 4.46. The molecule has 0 unspecified atom stereocenters. The van der Waals surface area contributed by atoms with Gasteiger partial charge in [-0.15, -0.1) is 6.58 Å². The monoisotopic (exact) mass is 263 g/mol. The number of halogens is 3. The molecule has 0 aliphatic heterocycles. The van der Waals surface area contributed by atoms with E-state index in [-0.39, 0.29) is 6.04 Å². The van der Waals surface area contributed by atoms with Crippen LogP contribution in [0.4, 0.5) is 0 Å². The Morgan fingerprint density at radius 1 is 1.40 bits per heavy atom. The van der Waals surface area contributed by atoms with Gasteiger partial charge < -0.3 is 5.73 Å². The Kier molecular flexibility index (Phi) is 4.47. The molecule has 0 aromatic heterocycles. The molecule has 1 rings (SSSR count). The van der Waals surface area contributed by atoms with Gasteiger partial charge in [-0.25, -0.2) is 0 Å². The van der Waals surface area contributed by atoms with Crippen LogP contribution in [0.15, 0.2) is 24.3 Å². The van der Waals surface area contributed by atoms with Gasteiger partial charge in [0.1, 0.15) is 0 Å². The molecular weight excluding hydrogens is 252 g/mol. The first-order chi connectivity index (χ1) is 6.91. The van der Waals surface area contributed by atoms with E-state index in [4.69, 9.17) is 40.5 Å². The Balaban J connectivity index is 3.07. The second-order valence-electron chi connectivity index (χ2n) is 3.56. The highest BCUT2D eigenvalue weighted by atomic mass is 35.5. The molecule has 0 heterocycles. The maximum absolute atomic E-state index is 6.04. The highest BCUT2D eigenvalue weighted by molar-refractivity contribution is 6.43. The van der Waals surface area contributed by atoms with Gasteiger partial charge in [0.25, 0.3) is 0 Å². The van der Waals surface area contributed by atoms with E-state index in [1.807, 2.05) is 6.92 Å². The molecule has 0 fully saturated rings. The summed E-state index contributed by atoms with van der Waals surface area (Å²) in [6.45, 7) is 5.72. The second kappa shape index (κ2) is 5.22. The summed E-state index contributed by atoms with van der Waals surface area (Å²) in [6.07, 6.45) is 0.663.